The summed E-state index contributed by atoms with van der Waals surface area (Å²) >= 11 is 3.52. The summed E-state index contributed by atoms with van der Waals surface area (Å²) in [5.41, 5.74) is 1.23. The van der Waals surface area contributed by atoms with Gasteiger partial charge in [0.15, 0.2) is 0 Å². The van der Waals surface area contributed by atoms with Gasteiger partial charge in [-0.05, 0) is 48.3 Å². The standard InChI is InChI=1S/C16H28BrN3O/c1-5-20(7-8-21-6-2)16-14(9-15(17)12-19-16)11-18-10-13(3)4/h9,12-13,18H,5-8,10-11H2,1-4H3. The molecule has 4 nitrogen and oxygen atoms in total. The van der Waals surface area contributed by atoms with Crippen LogP contribution < -0.4 is 10.2 Å². The first kappa shape index (κ1) is 18.4. The van der Waals surface area contributed by atoms with Crippen molar-refractivity contribution < 1.29 is 4.74 Å². The Hall–Kier alpha value is -0.650. The third-order valence-corrected chi connectivity index (χ3v) is 3.60. The molecule has 0 atom stereocenters. The molecule has 0 unspecified atom stereocenters. The van der Waals surface area contributed by atoms with Crippen LogP contribution in [0.1, 0.15) is 33.3 Å². The second kappa shape index (κ2) is 10.1. The van der Waals surface area contributed by atoms with Crippen LogP contribution in [0.4, 0.5) is 5.82 Å². The fourth-order valence-corrected chi connectivity index (χ4v) is 2.50. The number of rotatable bonds is 10. The van der Waals surface area contributed by atoms with Crippen molar-refractivity contribution in [2.75, 3.05) is 37.7 Å². The fourth-order valence-electron chi connectivity index (χ4n) is 2.12. The van der Waals surface area contributed by atoms with Crippen molar-refractivity contribution in [1.29, 1.82) is 0 Å². The van der Waals surface area contributed by atoms with E-state index in [1.54, 1.807) is 0 Å². The number of aromatic nitrogens is 1. The van der Waals surface area contributed by atoms with Crippen LogP contribution in [0.5, 0.6) is 0 Å². The minimum absolute atomic E-state index is 0.647. The number of nitrogens with one attached hydrogen (secondary N) is 1. The van der Waals surface area contributed by atoms with E-state index in [4.69, 9.17) is 4.74 Å². The highest BCUT2D eigenvalue weighted by molar-refractivity contribution is 9.10. The maximum absolute atomic E-state index is 5.47. The van der Waals surface area contributed by atoms with Crippen LogP contribution in [0.3, 0.4) is 0 Å². The summed E-state index contributed by atoms with van der Waals surface area (Å²) in [5.74, 6) is 1.70. The summed E-state index contributed by atoms with van der Waals surface area (Å²) < 4.78 is 6.49. The molecule has 0 bridgehead atoms. The van der Waals surface area contributed by atoms with Gasteiger partial charge in [-0.2, -0.15) is 0 Å². The minimum atomic E-state index is 0.647. The Labute approximate surface area is 137 Å². The molecule has 1 rings (SSSR count). The highest BCUT2D eigenvalue weighted by Crippen LogP contribution is 2.21. The zero-order valence-electron chi connectivity index (χ0n) is 13.7. The molecule has 0 aromatic carbocycles. The van der Waals surface area contributed by atoms with Crippen molar-refractivity contribution in [3.8, 4) is 0 Å². The minimum Gasteiger partial charge on any atom is -0.380 e. The molecule has 0 aliphatic rings. The highest BCUT2D eigenvalue weighted by atomic mass is 79.9. The van der Waals surface area contributed by atoms with E-state index in [2.05, 4.69) is 58.0 Å². The largest absolute Gasteiger partial charge is 0.380 e. The van der Waals surface area contributed by atoms with Gasteiger partial charge in [-0.3, -0.25) is 0 Å². The average molecular weight is 358 g/mol. The fraction of sp³-hybridized carbons (Fsp3) is 0.688. The number of halogens is 1. The molecular weight excluding hydrogens is 330 g/mol. The lowest BCUT2D eigenvalue weighted by Crippen LogP contribution is -2.30. The molecule has 1 aromatic rings. The van der Waals surface area contributed by atoms with Crippen molar-refractivity contribution in [2.45, 2.75) is 34.2 Å². The SMILES string of the molecule is CCOCCN(CC)c1ncc(Br)cc1CNCC(C)C. The topological polar surface area (TPSA) is 37.4 Å². The molecule has 0 saturated carbocycles. The normalized spacial score (nSPS) is 11.1. The molecule has 120 valence electrons. The Bertz CT molecular complexity index is 413. The lowest BCUT2D eigenvalue weighted by Gasteiger charge is -2.24. The van der Waals surface area contributed by atoms with E-state index in [9.17, 15) is 0 Å². The molecule has 0 amide bonds. The van der Waals surface area contributed by atoms with E-state index < -0.39 is 0 Å². The van der Waals surface area contributed by atoms with Gasteiger partial charge in [0.25, 0.3) is 0 Å². The second-order valence-electron chi connectivity index (χ2n) is 5.44. The number of anilines is 1. The molecule has 5 heteroatoms. The predicted octanol–water partition coefficient (Wildman–Crippen LogP) is 3.45. The number of pyridine rings is 1. The van der Waals surface area contributed by atoms with Crippen molar-refractivity contribution in [2.24, 2.45) is 5.92 Å². The Morgan fingerprint density at radius 1 is 1.38 bits per heavy atom. The first-order valence-electron chi connectivity index (χ1n) is 7.76. The number of likely N-dealkylation sites (N-methyl/N-ethyl adjacent to an activating group) is 1. The molecule has 1 aromatic heterocycles. The number of nitrogens with zero attached hydrogens (tertiary/aromatic N) is 2. The Morgan fingerprint density at radius 3 is 2.76 bits per heavy atom. The summed E-state index contributed by atoms with van der Waals surface area (Å²) in [7, 11) is 0. The van der Waals surface area contributed by atoms with Gasteiger partial charge in [-0.1, -0.05) is 13.8 Å². The van der Waals surface area contributed by atoms with Crippen LogP contribution in [0.25, 0.3) is 0 Å². The zero-order chi connectivity index (χ0) is 15.7. The maximum atomic E-state index is 5.47. The Balaban J connectivity index is 2.77. The van der Waals surface area contributed by atoms with E-state index >= 15 is 0 Å². The van der Waals surface area contributed by atoms with Gasteiger partial charge in [0, 0.05) is 42.5 Å². The van der Waals surface area contributed by atoms with Gasteiger partial charge in [-0.15, -0.1) is 0 Å². The molecule has 1 N–H and O–H groups in total. The van der Waals surface area contributed by atoms with Crippen LogP contribution in [0, 0.1) is 5.92 Å². The van der Waals surface area contributed by atoms with E-state index in [1.807, 2.05) is 13.1 Å². The van der Waals surface area contributed by atoms with Crippen LogP contribution in [-0.4, -0.2) is 37.8 Å². The van der Waals surface area contributed by atoms with Crippen LogP contribution in [0.15, 0.2) is 16.7 Å². The molecule has 0 radical (unpaired) electrons. The molecule has 0 aliphatic carbocycles. The maximum Gasteiger partial charge on any atom is 0.133 e. The van der Waals surface area contributed by atoms with E-state index in [-0.39, 0.29) is 0 Å². The Kier molecular flexibility index (Phi) is 8.88. The molecular formula is C16H28BrN3O. The van der Waals surface area contributed by atoms with Crippen LogP contribution in [0.2, 0.25) is 0 Å². The summed E-state index contributed by atoms with van der Waals surface area (Å²) in [6.07, 6.45) is 1.87. The van der Waals surface area contributed by atoms with E-state index in [0.29, 0.717) is 5.92 Å². The molecule has 0 spiro atoms. The predicted molar refractivity (Wildman–Crippen MR) is 92.9 cm³/mol. The third kappa shape index (κ3) is 6.76. The van der Waals surface area contributed by atoms with Crippen LogP contribution in [-0.2, 0) is 11.3 Å². The van der Waals surface area contributed by atoms with Gasteiger partial charge >= 0.3 is 0 Å². The van der Waals surface area contributed by atoms with Crippen molar-refractivity contribution in [1.82, 2.24) is 10.3 Å². The second-order valence-corrected chi connectivity index (χ2v) is 6.35. The van der Waals surface area contributed by atoms with E-state index in [0.717, 1.165) is 49.7 Å². The zero-order valence-corrected chi connectivity index (χ0v) is 15.2. The lowest BCUT2D eigenvalue weighted by atomic mass is 10.2. The van der Waals surface area contributed by atoms with Crippen LogP contribution >= 0.6 is 15.9 Å². The third-order valence-electron chi connectivity index (χ3n) is 3.17. The molecule has 0 saturated heterocycles. The van der Waals surface area contributed by atoms with Gasteiger partial charge < -0.3 is 15.0 Å². The lowest BCUT2D eigenvalue weighted by molar-refractivity contribution is 0.154. The Morgan fingerprint density at radius 2 is 2.14 bits per heavy atom. The van der Waals surface area contributed by atoms with Crippen molar-refractivity contribution >= 4 is 21.7 Å². The summed E-state index contributed by atoms with van der Waals surface area (Å²) in [6.45, 7) is 13.8. The van der Waals surface area contributed by atoms with Gasteiger partial charge in [0.1, 0.15) is 5.82 Å². The van der Waals surface area contributed by atoms with Crippen molar-refractivity contribution in [3.63, 3.8) is 0 Å². The number of hydrogen-bond donors (Lipinski definition) is 1. The monoisotopic (exact) mass is 357 g/mol. The van der Waals surface area contributed by atoms with Gasteiger partial charge in [0.05, 0.1) is 6.61 Å². The summed E-state index contributed by atoms with van der Waals surface area (Å²) in [5, 5.41) is 3.50. The molecule has 21 heavy (non-hydrogen) atoms. The highest BCUT2D eigenvalue weighted by Gasteiger charge is 2.12. The number of hydrogen-bond acceptors (Lipinski definition) is 4. The first-order chi connectivity index (χ1) is 10.1. The summed E-state index contributed by atoms with van der Waals surface area (Å²) in [6, 6.07) is 2.15. The first-order valence-corrected chi connectivity index (χ1v) is 8.55. The van der Waals surface area contributed by atoms with Crippen molar-refractivity contribution in [3.05, 3.63) is 22.3 Å². The van der Waals surface area contributed by atoms with E-state index in [1.165, 1.54) is 5.56 Å². The van der Waals surface area contributed by atoms with Gasteiger partial charge in [-0.25, -0.2) is 4.98 Å². The smallest absolute Gasteiger partial charge is 0.133 e. The van der Waals surface area contributed by atoms with Gasteiger partial charge in [0.2, 0.25) is 0 Å². The molecule has 0 aliphatic heterocycles. The molecule has 1 heterocycles. The average Bonchev–Trinajstić information content (AvgIpc) is 2.44. The molecule has 0 fully saturated rings. The summed E-state index contributed by atoms with van der Waals surface area (Å²) in [4.78, 5) is 6.88. The number of ether oxygens (including phenoxy) is 1. The quantitative estimate of drug-likeness (QED) is 0.650.